The van der Waals surface area contributed by atoms with Crippen molar-refractivity contribution in [1.29, 1.82) is 5.26 Å². The minimum absolute atomic E-state index is 0.0617. The van der Waals surface area contributed by atoms with Gasteiger partial charge < -0.3 is 0 Å². The van der Waals surface area contributed by atoms with Crippen molar-refractivity contribution in [2.24, 2.45) is 0 Å². The first-order chi connectivity index (χ1) is 9.95. The quantitative estimate of drug-likeness (QED) is 0.856. The molecule has 0 radical (unpaired) electrons. The van der Waals surface area contributed by atoms with Crippen molar-refractivity contribution in [3.63, 3.8) is 0 Å². The molecular formula is C15H14F3N3. The molecule has 0 N–H and O–H groups in total. The maximum absolute atomic E-state index is 12.8. The van der Waals surface area contributed by atoms with Crippen LogP contribution in [0.25, 0.3) is 0 Å². The molecule has 0 saturated heterocycles. The summed E-state index contributed by atoms with van der Waals surface area (Å²) in [7, 11) is 0. The zero-order valence-corrected chi connectivity index (χ0v) is 11.4. The first-order valence-electron chi connectivity index (χ1n) is 6.53. The predicted octanol–water partition coefficient (Wildman–Crippen LogP) is 3.97. The Morgan fingerprint density at radius 1 is 1.38 bits per heavy atom. The van der Waals surface area contributed by atoms with Crippen LogP contribution in [0.3, 0.4) is 0 Å². The molecule has 0 aliphatic heterocycles. The van der Waals surface area contributed by atoms with Gasteiger partial charge in [-0.3, -0.25) is 4.68 Å². The zero-order chi connectivity index (χ0) is 15.5. The van der Waals surface area contributed by atoms with Crippen LogP contribution in [-0.2, 0) is 12.6 Å². The standard InChI is InChI=1S/C15H14F3N3/c1-2-11-9-20-21(10-11)14(6-7-19)12-4-3-5-13(8-12)15(16,17)18/h3-5,8-10,14H,2,6H2,1H3. The van der Waals surface area contributed by atoms with E-state index in [1.54, 1.807) is 23.1 Å². The van der Waals surface area contributed by atoms with Gasteiger partial charge in [0.15, 0.2) is 0 Å². The second-order valence-corrected chi connectivity index (χ2v) is 4.68. The van der Waals surface area contributed by atoms with Crippen molar-refractivity contribution >= 4 is 0 Å². The molecule has 0 spiro atoms. The Morgan fingerprint density at radius 3 is 2.71 bits per heavy atom. The van der Waals surface area contributed by atoms with Gasteiger partial charge in [-0.1, -0.05) is 19.1 Å². The summed E-state index contributed by atoms with van der Waals surface area (Å²) < 4.78 is 39.9. The molecule has 3 nitrogen and oxygen atoms in total. The summed E-state index contributed by atoms with van der Waals surface area (Å²) in [6.07, 6.45) is -0.125. The first kappa shape index (κ1) is 15.1. The highest BCUT2D eigenvalue weighted by atomic mass is 19.4. The number of aryl methyl sites for hydroxylation is 1. The van der Waals surface area contributed by atoms with Crippen LogP contribution in [0.5, 0.6) is 0 Å². The summed E-state index contributed by atoms with van der Waals surface area (Å²) in [5, 5.41) is 13.1. The maximum atomic E-state index is 12.8. The molecular weight excluding hydrogens is 279 g/mol. The molecule has 1 heterocycles. The third kappa shape index (κ3) is 3.43. The van der Waals surface area contributed by atoms with Crippen LogP contribution in [-0.4, -0.2) is 9.78 Å². The fourth-order valence-corrected chi connectivity index (χ4v) is 2.10. The Balaban J connectivity index is 2.41. The number of rotatable bonds is 4. The lowest BCUT2D eigenvalue weighted by Crippen LogP contribution is -2.13. The van der Waals surface area contributed by atoms with Gasteiger partial charge in [-0.05, 0) is 29.7 Å². The topological polar surface area (TPSA) is 41.6 Å². The molecule has 110 valence electrons. The molecule has 2 aromatic rings. The normalized spacial score (nSPS) is 12.9. The van der Waals surface area contributed by atoms with Crippen LogP contribution in [0.2, 0.25) is 0 Å². The minimum Gasteiger partial charge on any atom is -0.264 e. The van der Waals surface area contributed by atoms with E-state index in [0.717, 1.165) is 24.1 Å². The average molecular weight is 293 g/mol. The third-order valence-corrected chi connectivity index (χ3v) is 3.27. The molecule has 0 saturated carbocycles. The second-order valence-electron chi connectivity index (χ2n) is 4.68. The first-order valence-corrected chi connectivity index (χ1v) is 6.53. The predicted molar refractivity (Wildman–Crippen MR) is 71.4 cm³/mol. The summed E-state index contributed by atoms with van der Waals surface area (Å²) in [4.78, 5) is 0. The molecule has 1 aromatic carbocycles. The Labute approximate surface area is 120 Å². The van der Waals surface area contributed by atoms with Gasteiger partial charge in [0.2, 0.25) is 0 Å². The van der Waals surface area contributed by atoms with Crippen molar-refractivity contribution in [1.82, 2.24) is 9.78 Å². The summed E-state index contributed by atoms with van der Waals surface area (Å²) in [6, 6.07) is 6.53. The van der Waals surface area contributed by atoms with Gasteiger partial charge in [0.05, 0.1) is 30.3 Å². The van der Waals surface area contributed by atoms with Crippen LogP contribution in [0.1, 0.15) is 36.1 Å². The average Bonchev–Trinajstić information content (AvgIpc) is 2.92. The van der Waals surface area contributed by atoms with E-state index in [4.69, 9.17) is 5.26 Å². The van der Waals surface area contributed by atoms with E-state index in [-0.39, 0.29) is 6.42 Å². The molecule has 1 unspecified atom stereocenters. The van der Waals surface area contributed by atoms with Crippen LogP contribution in [0.4, 0.5) is 13.2 Å². The number of benzene rings is 1. The lowest BCUT2D eigenvalue weighted by Gasteiger charge is -2.16. The number of aromatic nitrogens is 2. The number of nitriles is 1. The summed E-state index contributed by atoms with van der Waals surface area (Å²) in [5.74, 6) is 0. The van der Waals surface area contributed by atoms with E-state index in [1.165, 1.54) is 6.07 Å². The Bertz CT molecular complexity index is 653. The molecule has 0 amide bonds. The lowest BCUT2D eigenvalue weighted by atomic mass is 10.0. The highest BCUT2D eigenvalue weighted by molar-refractivity contribution is 5.29. The molecule has 0 bridgehead atoms. The molecule has 0 fully saturated rings. The van der Waals surface area contributed by atoms with Gasteiger partial charge in [0, 0.05) is 6.20 Å². The van der Waals surface area contributed by atoms with E-state index < -0.39 is 17.8 Å². The lowest BCUT2D eigenvalue weighted by molar-refractivity contribution is -0.137. The fraction of sp³-hybridized carbons (Fsp3) is 0.333. The van der Waals surface area contributed by atoms with Crippen LogP contribution >= 0.6 is 0 Å². The SMILES string of the molecule is CCc1cnn(C(CC#N)c2cccc(C(F)(F)F)c2)c1. The zero-order valence-electron chi connectivity index (χ0n) is 11.4. The van der Waals surface area contributed by atoms with Crippen molar-refractivity contribution in [2.75, 3.05) is 0 Å². The molecule has 1 aromatic heterocycles. The second kappa shape index (κ2) is 6.00. The summed E-state index contributed by atoms with van der Waals surface area (Å²) in [6.45, 7) is 1.96. The smallest absolute Gasteiger partial charge is 0.264 e. The highest BCUT2D eigenvalue weighted by Gasteiger charge is 2.31. The van der Waals surface area contributed by atoms with E-state index in [2.05, 4.69) is 5.10 Å². The van der Waals surface area contributed by atoms with E-state index in [1.807, 2.05) is 13.0 Å². The van der Waals surface area contributed by atoms with Gasteiger partial charge in [-0.2, -0.15) is 23.5 Å². The van der Waals surface area contributed by atoms with Gasteiger partial charge in [0.1, 0.15) is 0 Å². The largest absolute Gasteiger partial charge is 0.416 e. The Kier molecular flexibility index (Phi) is 4.32. The maximum Gasteiger partial charge on any atom is 0.416 e. The molecule has 1 atom stereocenters. The monoisotopic (exact) mass is 293 g/mol. The van der Waals surface area contributed by atoms with Crippen molar-refractivity contribution in [3.05, 3.63) is 53.3 Å². The van der Waals surface area contributed by atoms with E-state index in [0.29, 0.717) is 5.56 Å². The highest BCUT2D eigenvalue weighted by Crippen LogP contribution is 2.32. The van der Waals surface area contributed by atoms with Gasteiger partial charge in [-0.15, -0.1) is 0 Å². The van der Waals surface area contributed by atoms with Crippen LogP contribution in [0, 0.1) is 11.3 Å². The van der Waals surface area contributed by atoms with Gasteiger partial charge in [0.25, 0.3) is 0 Å². The van der Waals surface area contributed by atoms with Crippen molar-refractivity contribution in [3.8, 4) is 6.07 Å². The molecule has 6 heteroatoms. The number of alkyl halides is 3. The molecule has 21 heavy (non-hydrogen) atoms. The molecule has 0 aliphatic carbocycles. The van der Waals surface area contributed by atoms with E-state index in [9.17, 15) is 13.2 Å². The van der Waals surface area contributed by atoms with Crippen molar-refractivity contribution < 1.29 is 13.2 Å². The van der Waals surface area contributed by atoms with Crippen LogP contribution < -0.4 is 0 Å². The number of hydrogen-bond acceptors (Lipinski definition) is 2. The summed E-state index contributed by atoms with van der Waals surface area (Å²) >= 11 is 0. The third-order valence-electron chi connectivity index (χ3n) is 3.27. The van der Waals surface area contributed by atoms with Crippen LogP contribution in [0.15, 0.2) is 36.7 Å². The number of hydrogen-bond donors (Lipinski definition) is 0. The fourth-order valence-electron chi connectivity index (χ4n) is 2.10. The van der Waals surface area contributed by atoms with E-state index >= 15 is 0 Å². The summed E-state index contributed by atoms with van der Waals surface area (Å²) in [5.41, 5.74) is 0.688. The van der Waals surface area contributed by atoms with Gasteiger partial charge in [-0.25, -0.2) is 0 Å². The minimum atomic E-state index is -4.40. The molecule has 0 aliphatic rings. The number of nitrogens with zero attached hydrogens (tertiary/aromatic N) is 3. The van der Waals surface area contributed by atoms with Crippen molar-refractivity contribution in [2.45, 2.75) is 32.0 Å². The Hall–Kier alpha value is -2.29. The number of halogens is 3. The van der Waals surface area contributed by atoms with Gasteiger partial charge >= 0.3 is 6.18 Å². The Morgan fingerprint density at radius 2 is 2.14 bits per heavy atom. The molecule has 2 rings (SSSR count).